The quantitative estimate of drug-likeness (QED) is 0.156. The Morgan fingerprint density at radius 3 is 1.69 bits per heavy atom. The molecule has 2 atom stereocenters. The van der Waals surface area contributed by atoms with Crippen LogP contribution in [0.15, 0.2) is 225 Å². The van der Waals surface area contributed by atoms with Gasteiger partial charge in [-0.15, -0.1) is 0 Å². The first-order valence-electron chi connectivity index (χ1n) is 24.7. The van der Waals surface area contributed by atoms with Crippen LogP contribution >= 0.6 is 0 Å². The lowest BCUT2D eigenvalue weighted by Crippen LogP contribution is -2.28. The van der Waals surface area contributed by atoms with E-state index in [9.17, 15) is 5.11 Å². The fraction of sp³-hybridized carbons (Fsp3) is 0.152. The van der Waals surface area contributed by atoms with Gasteiger partial charge in [0.05, 0.1) is 28.8 Å². The summed E-state index contributed by atoms with van der Waals surface area (Å²) in [6.45, 7) is 13.6. The van der Waals surface area contributed by atoms with Gasteiger partial charge in [0.25, 0.3) is 0 Å². The van der Waals surface area contributed by atoms with E-state index in [2.05, 4.69) is 246 Å². The number of anilines is 5. The minimum Gasteiger partial charge on any atom is -0.507 e. The smallest absolute Gasteiger partial charge is 0.124 e. The molecule has 0 saturated heterocycles. The molecule has 0 radical (unpaired) electrons. The maximum absolute atomic E-state index is 11.4. The minimum absolute atomic E-state index is 0.0819. The minimum atomic E-state index is -0.0819. The van der Waals surface area contributed by atoms with E-state index in [1.807, 2.05) is 24.4 Å². The summed E-state index contributed by atoms with van der Waals surface area (Å²) >= 11 is 0. The highest BCUT2D eigenvalue weighted by atomic mass is 16.3. The highest BCUT2D eigenvalue weighted by Crippen LogP contribution is 2.52. The second kappa shape index (κ2) is 18.2. The molecule has 71 heavy (non-hydrogen) atoms. The van der Waals surface area contributed by atoms with Gasteiger partial charge in [-0.3, -0.25) is 4.98 Å². The highest BCUT2D eigenvalue weighted by molar-refractivity contribution is 5.91. The third-order valence-corrected chi connectivity index (χ3v) is 14.0. The van der Waals surface area contributed by atoms with Gasteiger partial charge in [-0.25, -0.2) is 4.98 Å². The van der Waals surface area contributed by atoms with Crippen molar-refractivity contribution in [2.45, 2.75) is 64.3 Å². The summed E-state index contributed by atoms with van der Waals surface area (Å²) in [5.41, 5.74) is 18.3. The molecular weight excluding hydrogens is 865 g/mol. The van der Waals surface area contributed by atoms with E-state index in [0.29, 0.717) is 11.3 Å². The summed E-state index contributed by atoms with van der Waals surface area (Å²) in [5, 5.41) is 11.4. The summed E-state index contributed by atoms with van der Waals surface area (Å²) in [6, 6.07) is 68.7. The zero-order valence-electron chi connectivity index (χ0n) is 41.3. The molecule has 0 saturated carbocycles. The summed E-state index contributed by atoms with van der Waals surface area (Å²) in [5.74, 6) is 0.417. The van der Waals surface area contributed by atoms with E-state index in [-0.39, 0.29) is 28.5 Å². The summed E-state index contributed by atoms with van der Waals surface area (Å²) in [7, 11) is 0. The zero-order chi connectivity index (χ0) is 48.9. The Morgan fingerprint density at radius 1 is 0.465 bits per heavy atom. The lowest BCUT2D eigenvalue weighted by atomic mass is 9.79. The molecule has 5 nitrogen and oxygen atoms in total. The number of rotatable bonds is 9. The van der Waals surface area contributed by atoms with Crippen molar-refractivity contribution in [2.75, 3.05) is 9.80 Å². The number of fused-ring (bicyclic) bond motifs is 3. The number of allylic oxidation sites excluding steroid dienone is 2. The molecule has 0 amide bonds. The zero-order valence-corrected chi connectivity index (χ0v) is 41.3. The number of benzene rings is 7. The topological polar surface area (TPSA) is 52.5 Å². The molecular formula is C66H58N4O. The van der Waals surface area contributed by atoms with Crippen molar-refractivity contribution < 1.29 is 5.11 Å². The number of nitrogens with zero attached hydrogens (tertiary/aromatic N) is 4. The van der Waals surface area contributed by atoms with Crippen LogP contribution in [-0.2, 0) is 10.8 Å². The van der Waals surface area contributed by atoms with Crippen molar-refractivity contribution >= 4 is 28.4 Å². The van der Waals surface area contributed by atoms with Crippen molar-refractivity contribution in [2.24, 2.45) is 0 Å². The van der Waals surface area contributed by atoms with Gasteiger partial charge < -0.3 is 14.9 Å². The first kappa shape index (κ1) is 45.2. The van der Waals surface area contributed by atoms with Gasteiger partial charge in [-0.05, 0) is 135 Å². The number of hydrogen-bond acceptors (Lipinski definition) is 5. The predicted octanol–water partition coefficient (Wildman–Crippen LogP) is 17.3. The van der Waals surface area contributed by atoms with Gasteiger partial charge >= 0.3 is 0 Å². The number of phenolic OH excluding ortho intramolecular Hbond substituents is 1. The van der Waals surface area contributed by atoms with Crippen molar-refractivity contribution in [1.29, 1.82) is 0 Å². The molecule has 11 rings (SSSR count). The van der Waals surface area contributed by atoms with E-state index >= 15 is 0 Å². The third-order valence-electron chi connectivity index (χ3n) is 14.0. The molecule has 3 heterocycles. The van der Waals surface area contributed by atoms with Gasteiger partial charge in [-0.2, -0.15) is 0 Å². The van der Waals surface area contributed by atoms with Crippen LogP contribution in [-0.4, -0.2) is 21.1 Å². The van der Waals surface area contributed by atoms with Crippen molar-refractivity contribution in [3.63, 3.8) is 0 Å². The molecule has 7 aromatic carbocycles. The summed E-state index contributed by atoms with van der Waals surface area (Å²) in [6.07, 6.45) is 11.0. The van der Waals surface area contributed by atoms with Crippen LogP contribution in [0.3, 0.4) is 0 Å². The number of pyridine rings is 2. The lowest BCUT2D eigenvalue weighted by molar-refractivity contribution is 0.477. The van der Waals surface area contributed by atoms with Crippen LogP contribution in [0.4, 0.5) is 28.4 Å². The monoisotopic (exact) mass is 922 g/mol. The molecule has 1 N–H and O–H groups in total. The fourth-order valence-corrected chi connectivity index (χ4v) is 10.2. The van der Waals surface area contributed by atoms with Crippen molar-refractivity contribution in [3.05, 3.63) is 241 Å². The van der Waals surface area contributed by atoms with E-state index in [4.69, 9.17) is 9.97 Å². The Balaban J connectivity index is 1.14. The molecule has 1 aliphatic heterocycles. The molecule has 5 heteroatoms. The molecule has 0 bridgehead atoms. The molecule has 9 aromatic rings. The fourth-order valence-electron chi connectivity index (χ4n) is 10.2. The Kier molecular flexibility index (Phi) is 11.6. The standard InChI is InChI=1S/C66H58N4O/c1-65(2,3)49-36-45(37-50(43-49)66(4,5)6)46-41-60(68-61(42-46)58-28-17-19-32-63(58)71)48-35-47(38-54(39-48)69(51-21-10-7-11-22-51)52-23-12-8-13-24-52)59-40-44(33-34-67-59)55-29-20-30-57-56-27-16-18-31-62(56)70(64(55)57)53-25-14-9-15-26-53/h7-43,56,62,71H,1-6H3. The van der Waals surface area contributed by atoms with E-state index < -0.39 is 0 Å². The Morgan fingerprint density at radius 2 is 1.03 bits per heavy atom. The maximum atomic E-state index is 11.4. The van der Waals surface area contributed by atoms with Gasteiger partial charge in [0, 0.05) is 57.1 Å². The van der Waals surface area contributed by atoms with Crippen LogP contribution in [0.25, 0.3) is 56.0 Å². The van der Waals surface area contributed by atoms with Crippen molar-refractivity contribution in [3.8, 4) is 61.8 Å². The van der Waals surface area contributed by atoms with Gasteiger partial charge in [0.1, 0.15) is 5.75 Å². The second-order valence-electron chi connectivity index (χ2n) is 20.9. The number of para-hydroxylation sites is 5. The first-order chi connectivity index (χ1) is 34.4. The van der Waals surface area contributed by atoms with E-state index in [1.165, 1.54) is 28.1 Å². The number of aromatic nitrogens is 2. The van der Waals surface area contributed by atoms with Crippen LogP contribution in [0.2, 0.25) is 0 Å². The van der Waals surface area contributed by atoms with Gasteiger partial charge in [0.2, 0.25) is 0 Å². The number of aromatic hydroxyl groups is 1. The third kappa shape index (κ3) is 8.85. The molecule has 348 valence electrons. The molecule has 2 aromatic heterocycles. The largest absolute Gasteiger partial charge is 0.507 e. The number of phenols is 1. The average molecular weight is 923 g/mol. The maximum Gasteiger partial charge on any atom is 0.124 e. The van der Waals surface area contributed by atoms with E-state index in [1.54, 1.807) is 6.07 Å². The summed E-state index contributed by atoms with van der Waals surface area (Å²) in [4.78, 5) is 15.4. The average Bonchev–Trinajstić information content (AvgIpc) is 3.74. The molecule has 1 aliphatic carbocycles. The number of hydrogen-bond donors (Lipinski definition) is 1. The van der Waals surface area contributed by atoms with Crippen molar-refractivity contribution in [1.82, 2.24) is 9.97 Å². The van der Waals surface area contributed by atoms with Gasteiger partial charge in [-0.1, -0.05) is 169 Å². The first-order valence-corrected chi connectivity index (χ1v) is 24.7. The summed E-state index contributed by atoms with van der Waals surface area (Å²) < 4.78 is 0. The normalized spacial score (nSPS) is 15.1. The predicted molar refractivity (Wildman–Crippen MR) is 296 cm³/mol. The second-order valence-corrected chi connectivity index (χ2v) is 20.9. The Hall–Kier alpha value is -8.28. The Bertz CT molecular complexity index is 3400. The van der Waals surface area contributed by atoms with Crippen LogP contribution in [0.1, 0.15) is 64.2 Å². The van der Waals surface area contributed by atoms with E-state index in [0.717, 1.165) is 61.8 Å². The lowest BCUT2D eigenvalue weighted by Gasteiger charge is -2.29. The SMILES string of the molecule is CC(C)(C)c1cc(-c2cc(-c3cc(-c4cc(-c5cccc6c5N(c5ccccc5)C5C=CC=CC65)ccn4)cc(N(c4ccccc4)c4ccccc4)c3)nc(-c3ccccc3O)c2)cc(C(C)(C)C)c1. The van der Waals surface area contributed by atoms with Crippen LogP contribution < -0.4 is 9.80 Å². The molecule has 2 aliphatic rings. The molecule has 0 fully saturated rings. The van der Waals surface area contributed by atoms with Crippen LogP contribution in [0, 0.1) is 0 Å². The van der Waals surface area contributed by atoms with Crippen LogP contribution in [0.5, 0.6) is 5.75 Å². The van der Waals surface area contributed by atoms with Gasteiger partial charge in [0.15, 0.2) is 0 Å². The molecule has 0 spiro atoms. The Labute approximate surface area is 418 Å². The molecule has 2 unspecified atom stereocenters. The highest BCUT2D eigenvalue weighted by Gasteiger charge is 2.39.